The number of amides is 1. The second-order valence-corrected chi connectivity index (χ2v) is 7.47. The van der Waals surface area contributed by atoms with Gasteiger partial charge in [-0.1, -0.05) is 37.3 Å². The summed E-state index contributed by atoms with van der Waals surface area (Å²) in [5.41, 5.74) is 2.18. The normalized spacial score (nSPS) is 11.8. The van der Waals surface area contributed by atoms with E-state index in [0.717, 1.165) is 0 Å². The van der Waals surface area contributed by atoms with E-state index in [-0.39, 0.29) is 23.4 Å². The minimum absolute atomic E-state index is 0.00211. The molecule has 0 radical (unpaired) electrons. The number of nitrogens with zero attached hydrogens (tertiary/aromatic N) is 4. The van der Waals surface area contributed by atoms with Crippen molar-refractivity contribution in [2.45, 2.75) is 26.4 Å². The number of nitrogens with one attached hydrogen (secondary N) is 1. The van der Waals surface area contributed by atoms with E-state index in [1.54, 1.807) is 55.9 Å². The van der Waals surface area contributed by atoms with E-state index in [1.807, 2.05) is 24.3 Å². The number of rotatable bonds is 6. The molecule has 1 N–H and O–H groups in total. The summed E-state index contributed by atoms with van der Waals surface area (Å²) in [6.45, 7) is 3.44. The van der Waals surface area contributed by atoms with Crippen molar-refractivity contribution in [3.05, 3.63) is 82.5 Å². The molecule has 168 valence electrons. The summed E-state index contributed by atoms with van der Waals surface area (Å²) in [7, 11) is 1.73. The summed E-state index contributed by atoms with van der Waals surface area (Å²) in [5.74, 6) is -1.35. The lowest BCUT2D eigenvalue weighted by Gasteiger charge is -2.15. The van der Waals surface area contributed by atoms with E-state index < -0.39 is 18.0 Å². The molecule has 4 rings (SSSR count). The lowest BCUT2D eigenvalue weighted by atomic mass is 10.2. The van der Waals surface area contributed by atoms with Crippen molar-refractivity contribution in [2.75, 3.05) is 5.32 Å². The van der Waals surface area contributed by atoms with E-state index in [9.17, 15) is 14.4 Å². The van der Waals surface area contributed by atoms with E-state index >= 15 is 0 Å². The summed E-state index contributed by atoms with van der Waals surface area (Å²) in [5, 5.41) is 2.64. The molecule has 0 aliphatic carbocycles. The van der Waals surface area contributed by atoms with Crippen LogP contribution in [-0.2, 0) is 16.6 Å². The Hall–Kier alpha value is -4.27. The Morgan fingerprint density at radius 3 is 2.42 bits per heavy atom. The fourth-order valence-corrected chi connectivity index (χ4v) is 3.48. The van der Waals surface area contributed by atoms with Gasteiger partial charge in [0, 0.05) is 7.05 Å². The van der Waals surface area contributed by atoms with Crippen molar-refractivity contribution in [1.29, 1.82) is 0 Å². The summed E-state index contributed by atoms with van der Waals surface area (Å²) in [6, 6.07) is 16.2. The summed E-state index contributed by atoms with van der Waals surface area (Å²) in [6.07, 6.45) is 0.432. The number of ether oxygens (including phenoxy) is 1. The first-order valence-corrected chi connectivity index (χ1v) is 10.5. The van der Waals surface area contributed by atoms with E-state index in [4.69, 9.17) is 4.74 Å². The molecule has 9 heteroatoms. The predicted octanol–water partition coefficient (Wildman–Crippen LogP) is 3.00. The highest BCUT2D eigenvalue weighted by atomic mass is 16.5. The van der Waals surface area contributed by atoms with Crippen LogP contribution in [-0.4, -0.2) is 37.3 Å². The van der Waals surface area contributed by atoms with Crippen molar-refractivity contribution in [3.8, 4) is 5.69 Å². The third-order valence-corrected chi connectivity index (χ3v) is 5.37. The van der Waals surface area contributed by atoms with Gasteiger partial charge in [0.2, 0.25) is 0 Å². The molecule has 2 aromatic carbocycles. The fraction of sp³-hybridized carbons (Fsp3) is 0.208. The topological polar surface area (TPSA) is 108 Å². The maximum atomic E-state index is 13.0. The number of para-hydroxylation sites is 3. The molecule has 0 fully saturated rings. The minimum atomic E-state index is -1.10. The number of esters is 1. The SMILES string of the molecule is CCC(OC(=O)c1cnc2ccccc2n1)C(=O)Nc1c(C)n(C)n(-c2ccccc2)c1=O. The van der Waals surface area contributed by atoms with Crippen LogP contribution in [0.15, 0.2) is 65.6 Å². The van der Waals surface area contributed by atoms with Crippen LogP contribution in [0, 0.1) is 6.92 Å². The molecule has 0 aliphatic rings. The molecular weight excluding hydrogens is 422 g/mol. The molecule has 0 bridgehead atoms. The monoisotopic (exact) mass is 445 g/mol. The van der Waals surface area contributed by atoms with Crippen molar-refractivity contribution in [1.82, 2.24) is 19.3 Å². The van der Waals surface area contributed by atoms with Crippen molar-refractivity contribution in [3.63, 3.8) is 0 Å². The molecule has 1 unspecified atom stereocenters. The van der Waals surface area contributed by atoms with E-state index in [1.165, 1.54) is 10.9 Å². The maximum absolute atomic E-state index is 13.0. The quantitative estimate of drug-likeness (QED) is 0.457. The summed E-state index contributed by atoms with van der Waals surface area (Å²) >= 11 is 0. The molecule has 0 saturated heterocycles. The van der Waals surface area contributed by atoms with Crippen LogP contribution >= 0.6 is 0 Å². The van der Waals surface area contributed by atoms with Crippen molar-refractivity contribution >= 4 is 28.6 Å². The second kappa shape index (κ2) is 9.07. The van der Waals surface area contributed by atoms with Gasteiger partial charge in [0.25, 0.3) is 11.5 Å². The minimum Gasteiger partial charge on any atom is -0.447 e. The first-order valence-electron chi connectivity index (χ1n) is 10.5. The zero-order chi connectivity index (χ0) is 23.5. The van der Waals surface area contributed by atoms with Gasteiger partial charge >= 0.3 is 5.97 Å². The van der Waals surface area contributed by atoms with Gasteiger partial charge in [0.15, 0.2) is 11.8 Å². The van der Waals surface area contributed by atoms with Gasteiger partial charge in [-0.2, -0.15) is 0 Å². The Morgan fingerprint density at radius 2 is 1.73 bits per heavy atom. The molecule has 0 saturated carbocycles. The molecule has 1 atom stereocenters. The molecule has 4 aromatic rings. The average Bonchev–Trinajstić information content (AvgIpc) is 3.05. The van der Waals surface area contributed by atoms with Gasteiger partial charge in [-0.25, -0.2) is 14.5 Å². The molecule has 0 aliphatic heterocycles. The molecule has 33 heavy (non-hydrogen) atoms. The third kappa shape index (κ3) is 4.25. The standard InChI is InChI=1S/C24H23N5O4/c1-4-20(33-24(32)19-14-25-17-12-8-9-13-18(17)26-19)22(30)27-21-15(2)28(3)29(23(21)31)16-10-6-5-7-11-16/h5-14,20H,4H2,1-3H3,(H,27,30). The number of carbonyl (C=O) groups excluding carboxylic acids is 2. The predicted molar refractivity (Wildman–Crippen MR) is 123 cm³/mol. The van der Waals surface area contributed by atoms with E-state index in [2.05, 4.69) is 15.3 Å². The second-order valence-electron chi connectivity index (χ2n) is 7.47. The molecular formula is C24H23N5O4. The number of hydrogen-bond donors (Lipinski definition) is 1. The van der Waals surface area contributed by atoms with Crippen LogP contribution in [0.2, 0.25) is 0 Å². The molecule has 2 heterocycles. The van der Waals surface area contributed by atoms with Gasteiger partial charge in [0.05, 0.1) is 28.6 Å². The van der Waals surface area contributed by atoms with Crippen LogP contribution in [0.4, 0.5) is 5.69 Å². The highest BCUT2D eigenvalue weighted by Gasteiger charge is 2.26. The summed E-state index contributed by atoms with van der Waals surface area (Å²) < 4.78 is 8.52. The fourth-order valence-electron chi connectivity index (χ4n) is 3.48. The number of benzene rings is 2. The third-order valence-electron chi connectivity index (χ3n) is 5.37. The highest BCUT2D eigenvalue weighted by molar-refractivity contribution is 5.97. The Labute approximate surface area is 189 Å². The molecule has 9 nitrogen and oxygen atoms in total. The van der Waals surface area contributed by atoms with Gasteiger partial charge in [-0.3, -0.25) is 19.3 Å². The van der Waals surface area contributed by atoms with Gasteiger partial charge in [0.1, 0.15) is 5.69 Å². The van der Waals surface area contributed by atoms with Gasteiger partial charge in [-0.05, 0) is 37.6 Å². The highest BCUT2D eigenvalue weighted by Crippen LogP contribution is 2.16. The zero-order valence-corrected chi connectivity index (χ0v) is 18.5. The first kappa shape index (κ1) is 21.9. The Kier molecular flexibility index (Phi) is 6.03. The van der Waals surface area contributed by atoms with Crippen LogP contribution in [0.25, 0.3) is 16.7 Å². The lowest BCUT2D eigenvalue weighted by Crippen LogP contribution is -2.34. The van der Waals surface area contributed by atoms with E-state index in [0.29, 0.717) is 22.4 Å². The molecule has 1 amide bonds. The number of carbonyl (C=O) groups is 2. The smallest absolute Gasteiger partial charge is 0.359 e. The Morgan fingerprint density at radius 1 is 1.06 bits per heavy atom. The number of anilines is 1. The average molecular weight is 445 g/mol. The molecule has 2 aromatic heterocycles. The number of aromatic nitrogens is 4. The first-order chi connectivity index (χ1) is 15.9. The van der Waals surface area contributed by atoms with Gasteiger partial charge < -0.3 is 10.1 Å². The van der Waals surface area contributed by atoms with Crippen LogP contribution in [0.5, 0.6) is 0 Å². The maximum Gasteiger partial charge on any atom is 0.359 e. The number of fused-ring (bicyclic) bond motifs is 1. The van der Waals surface area contributed by atoms with Crippen LogP contribution in [0.1, 0.15) is 29.5 Å². The van der Waals surface area contributed by atoms with Crippen molar-refractivity contribution in [2.24, 2.45) is 7.05 Å². The molecule has 0 spiro atoms. The summed E-state index contributed by atoms with van der Waals surface area (Å²) in [4.78, 5) is 47.0. The lowest BCUT2D eigenvalue weighted by molar-refractivity contribution is -0.124. The van der Waals surface area contributed by atoms with Crippen molar-refractivity contribution < 1.29 is 14.3 Å². The largest absolute Gasteiger partial charge is 0.447 e. The Balaban J connectivity index is 1.54. The van der Waals surface area contributed by atoms with Crippen LogP contribution in [0.3, 0.4) is 0 Å². The zero-order valence-electron chi connectivity index (χ0n) is 18.5. The number of hydrogen-bond acceptors (Lipinski definition) is 6. The van der Waals surface area contributed by atoms with Crippen LogP contribution < -0.4 is 10.9 Å². The van der Waals surface area contributed by atoms with Gasteiger partial charge in [-0.15, -0.1) is 0 Å². The Bertz CT molecular complexity index is 1390.